The lowest BCUT2D eigenvalue weighted by atomic mass is 9.54. The van der Waals surface area contributed by atoms with Crippen LogP contribution in [0.3, 0.4) is 0 Å². The number of thiophene rings is 1. The van der Waals surface area contributed by atoms with E-state index in [1.54, 1.807) is 0 Å². The first-order valence-corrected chi connectivity index (χ1v) is 9.56. The molecule has 1 aromatic heterocycles. The molecule has 0 unspecified atom stereocenters. The maximum atomic E-state index is 11.8. The average Bonchev–Trinajstić information content (AvgIpc) is 2.99. The third kappa shape index (κ3) is 2.95. The molecule has 4 aliphatic rings. The van der Waals surface area contributed by atoms with Crippen molar-refractivity contribution in [3.63, 3.8) is 0 Å². The highest BCUT2D eigenvalue weighted by molar-refractivity contribution is 7.12. The first-order chi connectivity index (χ1) is 10.7. The smallest absolute Gasteiger partial charge is 0.261 e. The lowest BCUT2D eigenvalue weighted by Crippen LogP contribution is -2.52. The summed E-state index contributed by atoms with van der Waals surface area (Å²) in [6.45, 7) is 1.50. The highest BCUT2D eigenvalue weighted by Crippen LogP contribution is 2.57. The van der Waals surface area contributed by atoms with E-state index in [0.29, 0.717) is 6.54 Å². The molecular weight excluding hydrogens is 294 g/mol. The van der Waals surface area contributed by atoms with Crippen LogP contribution in [0.2, 0.25) is 0 Å². The van der Waals surface area contributed by atoms with Crippen LogP contribution in [-0.2, 0) is 4.74 Å². The second kappa shape index (κ2) is 5.97. The highest BCUT2D eigenvalue weighted by atomic mass is 32.1. The van der Waals surface area contributed by atoms with Crippen LogP contribution in [-0.4, -0.2) is 24.7 Å². The number of hydrogen-bond donors (Lipinski definition) is 1. The van der Waals surface area contributed by atoms with Gasteiger partial charge in [-0.3, -0.25) is 4.79 Å². The SMILES string of the molecule is O=C(NCCCOC12CC3CC(CC(C3)C1)C2)c1cccs1. The fourth-order valence-electron chi connectivity index (χ4n) is 5.27. The zero-order valence-corrected chi connectivity index (χ0v) is 13.9. The van der Waals surface area contributed by atoms with Crippen LogP contribution in [0.4, 0.5) is 0 Å². The van der Waals surface area contributed by atoms with Gasteiger partial charge in [-0.1, -0.05) is 6.07 Å². The number of amides is 1. The predicted molar refractivity (Wildman–Crippen MR) is 88.1 cm³/mol. The fourth-order valence-corrected chi connectivity index (χ4v) is 5.91. The molecule has 4 saturated carbocycles. The summed E-state index contributed by atoms with van der Waals surface area (Å²) in [6.07, 6.45) is 9.17. The van der Waals surface area contributed by atoms with Crippen LogP contribution in [0.15, 0.2) is 17.5 Å². The number of carbonyl (C=O) groups is 1. The first kappa shape index (κ1) is 14.7. The molecule has 1 heterocycles. The molecular formula is C18H25NO2S. The van der Waals surface area contributed by atoms with Gasteiger partial charge in [0.05, 0.1) is 10.5 Å². The Morgan fingerprint density at radius 1 is 1.23 bits per heavy atom. The summed E-state index contributed by atoms with van der Waals surface area (Å²) >= 11 is 1.49. The van der Waals surface area contributed by atoms with Gasteiger partial charge in [0, 0.05) is 13.2 Å². The van der Waals surface area contributed by atoms with Gasteiger partial charge in [0.25, 0.3) is 5.91 Å². The van der Waals surface area contributed by atoms with E-state index in [9.17, 15) is 4.79 Å². The van der Waals surface area contributed by atoms with Gasteiger partial charge >= 0.3 is 0 Å². The Morgan fingerprint density at radius 3 is 2.50 bits per heavy atom. The summed E-state index contributed by atoms with van der Waals surface area (Å²) in [4.78, 5) is 12.6. The van der Waals surface area contributed by atoms with Gasteiger partial charge in [-0.2, -0.15) is 0 Å². The zero-order chi connectivity index (χ0) is 15.0. The second-order valence-electron chi connectivity index (χ2n) is 7.54. The van der Waals surface area contributed by atoms with Crippen LogP contribution < -0.4 is 5.32 Å². The van der Waals surface area contributed by atoms with E-state index in [4.69, 9.17) is 4.74 Å². The van der Waals surface area contributed by atoms with Gasteiger partial charge in [0.2, 0.25) is 0 Å². The number of ether oxygens (including phenoxy) is 1. The molecule has 0 saturated heterocycles. The van der Waals surface area contributed by atoms with Crippen molar-refractivity contribution in [1.82, 2.24) is 5.32 Å². The van der Waals surface area contributed by atoms with Crippen molar-refractivity contribution in [2.45, 2.75) is 50.5 Å². The molecule has 4 aliphatic carbocycles. The molecule has 0 atom stereocenters. The first-order valence-electron chi connectivity index (χ1n) is 8.68. The molecule has 120 valence electrons. The molecule has 4 fully saturated rings. The van der Waals surface area contributed by atoms with E-state index in [-0.39, 0.29) is 11.5 Å². The van der Waals surface area contributed by atoms with E-state index in [2.05, 4.69) is 5.32 Å². The summed E-state index contributed by atoms with van der Waals surface area (Å²) in [5.41, 5.74) is 0.201. The van der Waals surface area contributed by atoms with Crippen molar-refractivity contribution >= 4 is 17.2 Å². The molecule has 3 nitrogen and oxygen atoms in total. The quantitative estimate of drug-likeness (QED) is 0.809. The highest BCUT2D eigenvalue weighted by Gasteiger charge is 2.51. The maximum absolute atomic E-state index is 11.8. The summed E-state index contributed by atoms with van der Waals surface area (Å²) in [5.74, 6) is 2.85. The largest absolute Gasteiger partial charge is 0.375 e. The van der Waals surface area contributed by atoms with Crippen LogP contribution in [0.25, 0.3) is 0 Å². The van der Waals surface area contributed by atoms with Crippen molar-refractivity contribution in [1.29, 1.82) is 0 Å². The van der Waals surface area contributed by atoms with E-state index < -0.39 is 0 Å². The third-order valence-corrected chi connectivity index (χ3v) is 6.61. The van der Waals surface area contributed by atoms with Crippen molar-refractivity contribution in [3.05, 3.63) is 22.4 Å². The van der Waals surface area contributed by atoms with Crippen molar-refractivity contribution in [2.75, 3.05) is 13.2 Å². The van der Waals surface area contributed by atoms with E-state index >= 15 is 0 Å². The summed E-state index contributed by atoms with van der Waals surface area (Å²) in [5, 5.41) is 4.92. The Balaban J connectivity index is 1.20. The van der Waals surface area contributed by atoms with Crippen LogP contribution in [0, 0.1) is 17.8 Å². The average molecular weight is 319 g/mol. The van der Waals surface area contributed by atoms with Gasteiger partial charge in [-0.05, 0) is 74.1 Å². The topological polar surface area (TPSA) is 38.3 Å². The summed E-state index contributed by atoms with van der Waals surface area (Å²) in [7, 11) is 0. The number of rotatable bonds is 6. The molecule has 4 heteroatoms. The second-order valence-corrected chi connectivity index (χ2v) is 8.48. The Kier molecular flexibility index (Phi) is 3.99. The Labute approximate surface area is 136 Å². The van der Waals surface area contributed by atoms with Crippen LogP contribution in [0.1, 0.15) is 54.6 Å². The molecule has 1 N–H and O–H groups in total. The molecule has 1 aromatic rings. The van der Waals surface area contributed by atoms with Crippen molar-refractivity contribution in [2.24, 2.45) is 17.8 Å². The molecule has 22 heavy (non-hydrogen) atoms. The fraction of sp³-hybridized carbons (Fsp3) is 0.722. The third-order valence-electron chi connectivity index (χ3n) is 5.74. The molecule has 0 aromatic carbocycles. The molecule has 0 spiro atoms. The van der Waals surface area contributed by atoms with Gasteiger partial charge in [-0.25, -0.2) is 0 Å². The molecule has 4 bridgehead atoms. The molecule has 1 amide bonds. The Bertz CT molecular complexity index is 490. The maximum Gasteiger partial charge on any atom is 0.261 e. The van der Waals surface area contributed by atoms with Crippen LogP contribution >= 0.6 is 11.3 Å². The summed E-state index contributed by atoms with van der Waals surface area (Å²) < 4.78 is 6.37. The standard InChI is InChI=1S/C18H25NO2S/c20-17(16-3-1-6-22-16)19-4-2-5-21-18-10-13-7-14(11-18)9-15(8-13)12-18/h1,3,6,13-15H,2,4-5,7-12H2,(H,19,20). The zero-order valence-electron chi connectivity index (χ0n) is 13.1. The lowest BCUT2D eigenvalue weighted by Gasteiger charge is -2.56. The number of nitrogens with one attached hydrogen (secondary N) is 1. The minimum absolute atomic E-state index is 0.0461. The number of hydrogen-bond acceptors (Lipinski definition) is 3. The van der Waals surface area contributed by atoms with E-state index in [1.807, 2.05) is 17.5 Å². The minimum atomic E-state index is 0.0461. The van der Waals surface area contributed by atoms with Crippen LogP contribution in [0.5, 0.6) is 0 Å². The van der Waals surface area contributed by atoms with Gasteiger partial charge < -0.3 is 10.1 Å². The van der Waals surface area contributed by atoms with Crippen molar-refractivity contribution in [3.8, 4) is 0 Å². The van der Waals surface area contributed by atoms with E-state index in [1.165, 1.54) is 49.9 Å². The predicted octanol–water partition coefficient (Wildman–Crippen LogP) is 3.85. The molecule has 5 rings (SSSR count). The van der Waals surface area contributed by atoms with Gasteiger partial charge in [-0.15, -0.1) is 11.3 Å². The lowest BCUT2D eigenvalue weighted by molar-refractivity contribution is -0.162. The minimum Gasteiger partial charge on any atom is -0.375 e. The summed E-state index contributed by atoms with van der Waals surface area (Å²) in [6, 6.07) is 3.78. The van der Waals surface area contributed by atoms with E-state index in [0.717, 1.165) is 35.7 Å². The molecule has 0 aliphatic heterocycles. The van der Waals surface area contributed by atoms with Gasteiger partial charge in [0.1, 0.15) is 0 Å². The Morgan fingerprint density at radius 2 is 1.91 bits per heavy atom. The molecule has 0 radical (unpaired) electrons. The normalized spacial score (nSPS) is 35.7. The van der Waals surface area contributed by atoms with Crippen molar-refractivity contribution < 1.29 is 9.53 Å². The Hall–Kier alpha value is -0.870. The van der Waals surface area contributed by atoms with Gasteiger partial charge in [0.15, 0.2) is 0 Å². The monoisotopic (exact) mass is 319 g/mol. The number of carbonyl (C=O) groups excluding carboxylic acids is 1.